The van der Waals surface area contributed by atoms with Gasteiger partial charge in [-0.3, -0.25) is 0 Å². The summed E-state index contributed by atoms with van der Waals surface area (Å²) in [6.45, 7) is 6.11. The lowest BCUT2D eigenvalue weighted by Crippen LogP contribution is -1.94. The largest absolute Gasteiger partial charge is 0.312 e. The van der Waals surface area contributed by atoms with Crippen molar-refractivity contribution in [2.45, 2.75) is 6.54 Å². The maximum atomic E-state index is 13.0. The van der Waals surface area contributed by atoms with Gasteiger partial charge in [0.1, 0.15) is 17.2 Å². The molecule has 2 nitrogen and oxygen atoms in total. The Morgan fingerprint density at radius 1 is 1.38 bits per heavy atom. The van der Waals surface area contributed by atoms with Crippen molar-refractivity contribution in [1.82, 2.24) is 0 Å². The summed E-state index contributed by atoms with van der Waals surface area (Å²) >= 11 is 0. The molecule has 1 rings (SSSR count). The number of hydrogen-bond donors (Lipinski definition) is 0. The van der Waals surface area contributed by atoms with Gasteiger partial charge in [-0.15, -0.1) is 0 Å². The van der Waals surface area contributed by atoms with Crippen LogP contribution in [0.3, 0.4) is 0 Å². The summed E-state index contributed by atoms with van der Waals surface area (Å²) < 4.78 is 25.9. The lowest BCUT2D eigenvalue weighted by molar-refractivity contribution is 0.561. The number of benzene rings is 1. The Kier molecular flexibility index (Phi) is 2.56. The molecule has 0 atom stereocenters. The van der Waals surface area contributed by atoms with E-state index in [0.717, 1.165) is 12.1 Å². The molecule has 0 bridgehead atoms. The minimum Gasteiger partial charge on any atom is -0.312 e. The third-order valence-corrected chi connectivity index (χ3v) is 1.51. The van der Waals surface area contributed by atoms with Crippen LogP contribution >= 0.6 is 0 Å². The predicted octanol–water partition coefficient (Wildman–Crippen LogP) is 2.26. The first-order valence-corrected chi connectivity index (χ1v) is 3.40. The Balaban J connectivity index is 3.26. The first-order chi connectivity index (χ1) is 6.19. The standard InChI is InChI=1S/C9H4F2N2/c1-13-5-7-8(10)2-6(4-12)3-9(7)11/h2-3H,5H2. The minimum atomic E-state index is -0.840. The van der Waals surface area contributed by atoms with Crippen LogP contribution in [-0.4, -0.2) is 0 Å². The molecule has 0 spiro atoms. The zero-order chi connectivity index (χ0) is 9.84. The molecule has 0 aliphatic rings. The summed E-state index contributed by atoms with van der Waals surface area (Å²) in [6.07, 6.45) is 0. The molecular weight excluding hydrogens is 174 g/mol. The van der Waals surface area contributed by atoms with Gasteiger partial charge < -0.3 is 4.85 Å². The first-order valence-electron chi connectivity index (χ1n) is 3.40. The van der Waals surface area contributed by atoms with Crippen LogP contribution < -0.4 is 0 Å². The Hall–Kier alpha value is -1.94. The summed E-state index contributed by atoms with van der Waals surface area (Å²) in [4.78, 5) is 2.87. The van der Waals surface area contributed by atoms with Gasteiger partial charge in [-0.2, -0.15) is 5.26 Å². The van der Waals surface area contributed by atoms with Crippen molar-refractivity contribution >= 4 is 0 Å². The number of hydrogen-bond acceptors (Lipinski definition) is 1. The number of nitrogens with zero attached hydrogens (tertiary/aromatic N) is 2. The van der Waals surface area contributed by atoms with E-state index in [4.69, 9.17) is 11.8 Å². The summed E-state index contributed by atoms with van der Waals surface area (Å²) in [6, 6.07) is 3.46. The lowest BCUT2D eigenvalue weighted by atomic mass is 10.1. The van der Waals surface area contributed by atoms with Crippen LogP contribution in [0.25, 0.3) is 4.85 Å². The van der Waals surface area contributed by atoms with E-state index in [9.17, 15) is 8.78 Å². The molecule has 0 saturated carbocycles. The van der Waals surface area contributed by atoms with Gasteiger partial charge >= 0.3 is 0 Å². The molecule has 0 aliphatic heterocycles. The molecule has 0 radical (unpaired) electrons. The molecule has 0 aliphatic carbocycles. The number of rotatable bonds is 1. The number of nitriles is 1. The second-order valence-electron chi connectivity index (χ2n) is 2.35. The van der Waals surface area contributed by atoms with Crippen LogP contribution in [0.1, 0.15) is 11.1 Å². The average molecular weight is 178 g/mol. The van der Waals surface area contributed by atoms with Gasteiger partial charge in [-0.1, -0.05) is 0 Å². The monoisotopic (exact) mass is 178 g/mol. The van der Waals surface area contributed by atoms with Crippen LogP contribution in [0.4, 0.5) is 8.78 Å². The molecule has 4 heteroatoms. The molecule has 0 saturated heterocycles. The quantitative estimate of drug-likeness (QED) is 0.606. The van der Waals surface area contributed by atoms with E-state index in [0.29, 0.717) is 0 Å². The Labute approximate surface area is 73.9 Å². The van der Waals surface area contributed by atoms with Crippen LogP contribution in [0, 0.1) is 29.5 Å². The van der Waals surface area contributed by atoms with Gasteiger partial charge in [0.15, 0.2) is 0 Å². The molecule has 0 amide bonds. The van der Waals surface area contributed by atoms with E-state index in [1.54, 1.807) is 6.07 Å². The van der Waals surface area contributed by atoms with E-state index >= 15 is 0 Å². The zero-order valence-electron chi connectivity index (χ0n) is 6.51. The van der Waals surface area contributed by atoms with E-state index in [1.807, 2.05) is 0 Å². The highest BCUT2D eigenvalue weighted by molar-refractivity contribution is 5.34. The Bertz CT molecular complexity index is 390. The summed E-state index contributed by atoms with van der Waals surface area (Å²) in [7, 11) is 0. The third-order valence-electron chi connectivity index (χ3n) is 1.51. The molecule has 0 heterocycles. The second kappa shape index (κ2) is 3.64. The Morgan fingerprint density at radius 3 is 2.31 bits per heavy atom. The van der Waals surface area contributed by atoms with Gasteiger partial charge in [0.2, 0.25) is 6.54 Å². The van der Waals surface area contributed by atoms with Crippen molar-refractivity contribution in [3.05, 3.63) is 46.3 Å². The fourth-order valence-corrected chi connectivity index (χ4v) is 0.898. The van der Waals surface area contributed by atoms with E-state index in [-0.39, 0.29) is 17.7 Å². The van der Waals surface area contributed by atoms with Crippen molar-refractivity contribution < 1.29 is 8.78 Å². The van der Waals surface area contributed by atoms with Gasteiger partial charge in [0.25, 0.3) is 0 Å². The van der Waals surface area contributed by atoms with Gasteiger partial charge in [-0.05, 0) is 12.1 Å². The molecule has 0 fully saturated rings. The fraction of sp³-hybridized carbons (Fsp3) is 0.111. The van der Waals surface area contributed by atoms with Crippen molar-refractivity contribution in [3.8, 4) is 6.07 Å². The normalized spacial score (nSPS) is 8.92. The highest BCUT2D eigenvalue weighted by Crippen LogP contribution is 2.15. The van der Waals surface area contributed by atoms with E-state index in [1.165, 1.54) is 0 Å². The molecule has 0 N–H and O–H groups in total. The highest BCUT2D eigenvalue weighted by atomic mass is 19.1. The molecule has 64 valence electrons. The van der Waals surface area contributed by atoms with Crippen molar-refractivity contribution in [2.75, 3.05) is 0 Å². The minimum absolute atomic E-state index is 0.0799. The fourth-order valence-electron chi connectivity index (χ4n) is 0.898. The smallest absolute Gasteiger partial charge is 0.245 e. The summed E-state index contributed by atoms with van der Waals surface area (Å²) in [5.74, 6) is -1.68. The van der Waals surface area contributed by atoms with Crippen LogP contribution in [0.15, 0.2) is 12.1 Å². The Morgan fingerprint density at radius 2 is 1.92 bits per heavy atom. The average Bonchev–Trinajstić information content (AvgIpc) is 2.11. The van der Waals surface area contributed by atoms with Gasteiger partial charge in [0, 0.05) is 0 Å². The molecule has 0 unspecified atom stereocenters. The van der Waals surface area contributed by atoms with Crippen molar-refractivity contribution in [3.63, 3.8) is 0 Å². The molecule has 1 aromatic rings. The third kappa shape index (κ3) is 1.80. The first kappa shape index (κ1) is 9.15. The molecule has 0 aromatic heterocycles. The summed E-state index contributed by atoms with van der Waals surface area (Å²) in [5, 5.41) is 8.36. The lowest BCUT2D eigenvalue weighted by Gasteiger charge is -1.97. The van der Waals surface area contributed by atoms with Crippen LogP contribution in [-0.2, 0) is 6.54 Å². The highest BCUT2D eigenvalue weighted by Gasteiger charge is 2.12. The summed E-state index contributed by atoms with van der Waals surface area (Å²) in [5.41, 5.74) is -0.363. The predicted molar refractivity (Wildman–Crippen MR) is 41.4 cm³/mol. The molecule has 13 heavy (non-hydrogen) atoms. The van der Waals surface area contributed by atoms with E-state index < -0.39 is 11.6 Å². The van der Waals surface area contributed by atoms with Crippen molar-refractivity contribution in [2.24, 2.45) is 0 Å². The van der Waals surface area contributed by atoms with Gasteiger partial charge in [0.05, 0.1) is 11.6 Å². The van der Waals surface area contributed by atoms with E-state index in [2.05, 4.69) is 4.85 Å². The van der Waals surface area contributed by atoms with Gasteiger partial charge in [-0.25, -0.2) is 15.4 Å². The molecular formula is C9H4F2N2. The second-order valence-corrected chi connectivity index (χ2v) is 2.35. The maximum Gasteiger partial charge on any atom is 0.245 e. The molecule has 1 aromatic carbocycles. The van der Waals surface area contributed by atoms with Crippen LogP contribution in [0.5, 0.6) is 0 Å². The maximum absolute atomic E-state index is 13.0. The van der Waals surface area contributed by atoms with Crippen LogP contribution in [0.2, 0.25) is 0 Å². The zero-order valence-corrected chi connectivity index (χ0v) is 6.51. The van der Waals surface area contributed by atoms with Crippen molar-refractivity contribution in [1.29, 1.82) is 5.26 Å². The SMILES string of the molecule is [C-]#[N+]Cc1c(F)cc(C#N)cc1F. The topological polar surface area (TPSA) is 28.1 Å². The number of halogens is 2.